The summed E-state index contributed by atoms with van der Waals surface area (Å²) in [6, 6.07) is 10.8. The highest BCUT2D eigenvalue weighted by atomic mass is 79.9. The first-order valence-electron chi connectivity index (χ1n) is 12.9. The first kappa shape index (κ1) is 30.2. The van der Waals surface area contributed by atoms with Gasteiger partial charge >= 0.3 is 0 Å². The summed E-state index contributed by atoms with van der Waals surface area (Å²) in [7, 11) is 0. The quantitative estimate of drug-likeness (QED) is 0.181. The highest BCUT2D eigenvalue weighted by molar-refractivity contribution is 9.10. The van der Waals surface area contributed by atoms with E-state index < -0.39 is 0 Å². The Morgan fingerprint density at radius 3 is 1.42 bits per heavy atom. The number of hydrogen-bond donors (Lipinski definition) is 2. The molecule has 36 heavy (non-hydrogen) atoms. The van der Waals surface area contributed by atoms with Gasteiger partial charge in [0.2, 0.25) is 0 Å². The number of ether oxygens (including phenoxy) is 2. The predicted octanol–water partition coefficient (Wildman–Crippen LogP) is 7.29. The van der Waals surface area contributed by atoms with Crippen LogP contribution >= 0.6 is 31.9 Å². The standard InChI is InChI=1S/C28H38Br2N2O4/c1-3-17-35-25-13-11-21(19-23(25)29)27(33)31-15-9-7-5-6-8-10-16-32-28(34)22-12-14-26(24(30)20-22)36-18-4-2/h11-14,19-20H,3-10,15-18H2,1-2H3,(H,31,33)(H,32,34). The van der Waals surface area contributed by atoms with Crippen LogP contribution in [0.15, 0.2) is 45.3 Å². The zero-order valence-electron chi connectivity index (χ0n) is 21.3. The fourth-order valence-electron chi connectivity index (χ4n) is 3.51. The molecule has 0 aromatic heterocycles. The Labute approximate surface area is 232 Å². The second kappa shape index (κ2) is 17.4. The average Bonchev–Trinajstić information content (AvgIpc) is 2.88. The van der Waals surface area contributed by atoms with Gasteiger partial charge in [-0.2, -0.15) is 0 Å². The number of carbonyl (C=O) groups is 2. The normalized spacial score (nSPS) is 10.7. The molecule has 0 atom stereocenters. The van der Waals surface area contributed by atoms with Crippen molar-refractivity contribution in [2.75, 3.05) is 26.3 Å². The van der Waals surface area contributed by atoms with E-state index in [-0.39, 0.29) is 11.8 Å². The molecule has 2 rings (SSSR count). The van der Waals surface area contributed by atoms with Crippen molar-refractivity contribution in [3.8, 4) is 11.5 Å². The van der Waals surface area contributed by atoms with Gasteiger partial charge in [-0.15, -0.1) is 0 Å². The third-order valence-corrected chi connectivity index (χ3v) is 6.73. The Bertz CT molecular complexity index is 891. The molecule has 0 bridgehead atoms. The molecule has 2 aromatic rings. The Kier molecular flexibility index (Phi) is 14.6. The van der Waals surface area contributed by atoms with E-state index in [0.717, 1.165) is 71.8 Å². The molecule has 0 saturated carbocycles. The molecule has 8 heteroatoms. The summed E-state index contributed by atoms with van der Waals surface area (Å²) in [6.45, 7) is 6.75. The lowest BCUT2D eigenvalue weighted by atomic mass is 10.1. The Hall–Kier alpha value is -2.06. The van der Waals surface area contributed by atoms with E-state index in [1.807, 2.05) is 12.1 Å². The largest absolute Gasteiger partial charge is 0.492 e. The average molecular weight is 626 g/mol. The van der Waals surface area contributed by atoms with Crippen molar-refractivity contribution in [2.45, 2.75) is 65.2 Å². The number of benzene rings is 2. The molecule has 0 aliphatic heterocycles. The lowest BCUT2D eigenvalue weighted by Crippen LogP contribution is -2.24. The maximum Gasteiger partial charge on any atom is 0.251 e. The van der Waals surface area contributed by atoms with E-state index >= 15 is 0 Å². The van der Waals surface area contributed by atoms with Gasteiger partial charge in [-0.25, -0.2) is 0 Å². The minimum Gasteiger partial charge on any atom is -0.492 e. The molecular formula is C28H38Br2N2O4. The molecule has 0 fully saturated rings. The van der Waals surface area contributed by atoms with Crippen LogP contribution in [0.25, 0.3) is 0 Å². The molecule has 0 unspecified atom stereocenters. The van der Waals surface area contributed by atoms with Gasteiger partial charge in [0.15, 0.2) is 0 Å². The molecule has 198 valence electrons. The van der Waals surface area contributed by atoms with Crippen molar-refractivity contribution in [1.29, 1.82) is 0 Å². The number of nitrogens with one attached hydrogen (secondary N) is 2. The molecule has 0 saturated heterocycles. The highest BCUT2D eigenvalue weighted by Crippen LogP contribution is 2.27. The smallest absolute Gasteiger partial charge is 0.251 e. The predicted molar refractivity (Wildman–Crippen MR) is 152 cm³/mol. The lowest BCUT2D eigenvalue weighted by molar-refractivity contribution is 0.0944. The van der Waals surface area contributed by atoms with Crippen LogP contribution in [0.4, 0.5) is 0 Å². The molecule has 2 aromatic carbocycles. The van der Waals surface area contributed by atoms with E-state index in [2.05, 4.69) is 56.3 Å². The Morgan fingerprint density at radius 2 is 1.06 bits per heavy atom. The highest BCUT2D eigenvalue weighted by Gasteiger charge is 2.10. The van der Waals surface area contributed by atoms with Gasteiger partial charge in [-0.3, -0.25) is 9.59 Å². The summed E-state index contributed by atoms with van der Waals surface area (Å²) in [5.41, 5.74) is 1.25. The summed E-state index contributed by atoms with van der Waals surface area (Å²) in [4.78, 5) is 24.7. The second-order valence-corrected chi connectivity index (χ2v) is 10.3. The fourth-order valence-corrected chi connectivity index (χ4v) is 4.49. The molecule has 6 nitrogen and oxygen atoms in total. The van der Waals surface area contributed by atoms with Gasteiger partial charge in [-0.1, -0.05) is 39.5 Å². The van der Waals surface area contributed by atoms with E-state index in [0.29, 0.717) is 37.4 Å². The van der Waals surface area contributed by atoms with E-state index in [1.165, 1.54) is 0 Å². The van der Waals surface area contributed by atoms with Gasteiger partial charge in [0.1, 0.15) is 11.5 Å². The topological polar surface area (TPSA) is 76.7 Å². The van der Waals surface area contributed by atoms with Gasteiger partial charge in [0.25, 0.3) is 11.8 Å². The van der Waals surface area contributed by atoms with Crippen molar-refractivity contribution in [3.05, 3.63) is 56.5 Å². The van der Waals surface area contributed by atoms with Crippen LogP contribution in [-0.4, -0.2) is 38.1 Å². The Morgan fingerprint density at radius 1 is 0.667 bits per heavy atom. The monoisotopic (exact) mass is 624 g/mol. The van der Waals surface area contributed by atoms with Crippen molar-refractivity contribution < 1.29 is 19.1 Å². The summed E-state index contributed by atoms with van der Waals surface area (Å²) in [5.74, 6) is 1.38. The molecule has 0 aliphatic rings. The summed E-state index contributed by atoms with van der Waals surface area (Å²) < 4.78 is 12.8. The summed E-state index contributed by atoms with van der Waals surface area (Å²) in [6.07, 6.45) is 8.15. The minimum atomic E-state index is -0.0661. The maximum atomic E-state index is 12.3. The van der Waals surface area contributed by atoms with Gasteiger partial charge in [0, 0.05) is 24.2 Å². The van der Waals surface area contributed by atoms with Gasteiger partial charge in [-0.05, 0) is 93.9 Å². The van der Waals surface area contributed by atoms with E-state index in [1.54, 1.807) is 24.3 Å². The minimum absolute atomic E-state index is 0.0661. The number of rotatable bonds is 17. The molecule has 0 radical (unpaired) electrons. The van der Waals surface area contributed by atoms with E-state index in [9.17, 15) is 9.59 Å². The first-order valence-corrected chi connectivity index (χ1v) is 14.5. The van der Waals surface area contributed by atoms with Crippen LogP contribution < -0.4 is 20.1 Å². The second-order valence-electron chi connectivity index (χ2n) is 8.62. The van der Waals surface area contributed by atoms with Gasteiger partial charge < -0.3 is 20.1 Å². The first-order chi connectivity index (χ1) is 17.5. The number of amides is 2. The molecule has 0 spiro atoms. The number of unbranched alkanes of at least 4 members (excludes halogenated alkanes) is 5. The summed E-state index contributed by atoms with van der Waals surface area (Å²) in [5, 5.41) is 5.97. The fraction of sp³-hybridized carbons (Fsp3) is 0.500. The zero-order valence-corrected chi connectivity index (χ0v) is 24.5. The zero-order chi connectivity index (χ0) is 26.2. The SMILES string of the molecule is CCCOc1ccc(C(=O)NCCCCCCCCNC(=O)c2ccc(OCCC)c(Br)c2)cc1Br. The molecule has 0 heterocycles. The third kappa shape index (κ3) is 10.9. The van der Waals surface area contributed by atoms with Crippen molar-refractivity contribution in [3.63, 3.8) is 0 Å². The van der Waals surface area contributed by atoms with Crippen molar-refractivity contribution in [1.82, 2.24) is 10.6 Å². The molecule has 0 aliphatic carbocycles. The number of carbonyl (C=O) groups excluding carboxylic acids is 2. The number of hydrogen-bond acceptors (Lipinski definition) is 4. The van der Waals surface area contributed by atoms with Gasteiger partial charge in [0.05, 0.1) is 22.2 Å². The van der Waals surface area contributed by atoms with E-state index in [4.69, 9.17) is 9.47 Å². The lowest BCUT2D eigenvalue weighted by Gasteiger charge is -2.10. The van der Waals surface area contributed by atoms with Crippen LogP contribution in [-0.2, 0) is 0 Å². The van der Waals surface area contributed by atoms with Crippen LogP contribution in [0.3, 0.4) is 0 Å². The number of halogens is 2. The molecular weight excluding hydrogens is 588 g/mol. The Balaban J connectivity index is 1.52. The third-order valence-electron chi connectivity index (χ3n) is 5.49. The van der Waals surface area contributed by atoms with Crippen molar-refractivity contribution >= 4 is 43.7 Å². The van der Waals surface area contributed by atoms with Crippen LogP contribution in [0.1, 0.15) is 85.9 Å². The molecule has 2 amide bonds. The maximum absolute atomic E-state index is 12.3. The van der Waals surface area contributed by atoms with Crippen molar-refractivity contribution in [2.24, 2.45) is 0 Å². The molecule has 2 N–H and O–H groups in total. The van der Waals surface area contributed by atoms with Crippen LogP contribution in [0.5, 0.6) is 11.5 Å². The summed E-state index contributed by atoms with van der Waals surface area (Å²) >= 11 is 6.94. The van der Waals surface area contributed by atoms with Crippen LogP contribution in [0.2, 0.25) is 0 Å². The van der Waals surface area contributed by atoms with Crippen LogP contribution in [0, 0.1) is 0 Å².